The summed E-state index contributed by atoms with van der Waals surface area (Å²) in [5.74, 6) is -2.47. The average molecular weight is 390 g/mol. The number of hydrogen-bond donors (Lipinski definition) is 1. The summed E-state index contributed by atoms with van der Waals surface area (Å²) in [7, 11) is 0. The largest absolute Gasteiger partial charge is 0.323 e. The minimum Gasteiger partial charge on any atom is -0.323 e. The van der Waals surface area contributed by atoms with Crippen molar-refractivity contribution in [2.45, 2.75) is 17.1 Å². The van der Waals surface area contributed by atoms with Gasteiger partial charge in [0.25, 0.3) is 0 Å². The molecule has 0 fully saturated rings. The molecule has 0 saturated heterocycles. The molecule has 2 rings (SSSR count). The van der Waals surface area contributed by atoms with Crippen LogP contribution in [0.25, 0.3) is 0 Å². The second-order valence-corrected chi connectivity index (χ2v) is 6.75. The van der Waals surface area contributed by atoms with Gasteiger partial charge in [0.2, 0.25) is 5.91 Å². The van der Waals surface area contributed by atoms with Gasteiger partial charge in [-0.1, -0.05) is 15.9 Å². The highest BCUT2D eigenvalue weighted by molar-refractivity contribution is 9.10. The summed E-state index contributed by atoms with van der Waals surface area (Å²) in [6, 6.07) is 7.38. The van der Waals surface area contributed by atoms with Crippen molar-refractivity contribution < 1.29 is 18.0 Å². The van der Waals surface area contributed by atoms with E-state index in [1.54, 1.807) is 13.0 Å². The smallest absolute Gasteiger partial charge is 0.237 e. The van der Waals surface area contributed by atoms with E-state index in [1.807, 2.05) is 0 Å². The van der Waals surface area contributed by atoms with Crippen LogP contribution in [0.2, 0.25) is 0 Å². The van der Waals surface area contributed by atoms with Crippen LogP contribution in [0.3, 0.4) is 0 Å². The number of benzene rings is 2. The number of nitrogens with one attached hydrogen (secondary N) is 1. The second-order valence-electron chi connectivity index (χ2n) is 4.45. The lowest BCUT2D eigenvalue weighted by atomic mass is 10.3. The van der Waals surface area contributed by atoms with Gasteiger partial charge in [-0.3, -0.25) is 4.79 Å². The lowest BCUT2D eigenvalue weighted by Gasteiger charge is -2.13. The van der Waals surface area contributed by atoms with Crippen LogP contribution in [0.5, 0.6) is 0 Å². The molecule has 0 radical (unpaired) electrons. The van der Waals surface area contributed by atoms with Gasteiger partial charge in [0.05, 0.1) is 10.9 Å². The second kappa shape index (κ2) is 7.19. The molecule has 2 aromatic carbocycles. The first kappa shape index (κ1) is 16.9. The zero-order chi connectivity index (χ0) is 16.3. The lowest BCUT2D eigenvalue weighted by Crippen LogP contribution is -2.23. The predicted molar refractivity (Wildman–Crippen MR) is 84.4 cm³/mol. The summed E-state index contributed by atoms with van der Waals surface area (Å²) in [6.07, 6.45) is 0. The summed E-state index contributed by atoms with van der Waals surface area (Å²) in [6.45, 7) is 1.56. The fourth-order valence-electron chi connectivity index (χ4n) is 1.64. The van der Waals surface area contributed by atoms with Crippen molar-refractivity contribution in [3.05, 3.63) is 58.3 Å². The van der Waals surface area contributed by atoms with E-state index in [0.717, 1.165) is 23.9 Å². The van der Waals surface area contributed by atoms with Crippen LogP contribution in [0, 0.1) is 17.5 Å². The van der Waals surface area contributed by atoms with Crippen molar-refractivity contribution in [3.8, 4) is 0 Å². The molecule has 116 valence electrons. The fraction of sp³-hybridized carbons (Fsp3) is 0.133. The molecular weight excluding hydrogens is 379 g/mol. The van der Waals surface area contributed by atoms with E-state index < -0.39 is 28.6 Å². The van der Waals surface area contributed by atoms with E-state index in [9.17, 15) is 18.0 Å². The number of rotatable bonds is 4. The third-order valence-corrected chi connectivity index (χ3v) is 4.40. The average Bonchev–Trinajstić information content (AvgIpc) is 2.44. The number of hydrogen-bond acceptors (Lipinski definition) is 2. The first-order valence-electron chi connectivity index (χ1n) is 6.24. The highest BCUT2D eigenvalue weighted by atomic mass is 79.9. The summed E-state index contributed by atoms with van der Waals surface area (Å²) in [5.41, 5.74) is 0.0419. The maximum absolute atomic E-state index is 13.7. The highest BCUT2D eigenvalue weighted by Gasteiger charge is 2.18. The van der Waals surface area contributed by atoms with Crippen molar-refractivity contribution in [1.29, 1.82) is 0 Å². The Morgan fingerprint density at radius 2 is 1.86 bits per heavy atom. The quantitative estimate of drug-likeness (QED) is 0.746. The van der Waals surface area contributed by atoms with Gasteiger partial charge in [0, 0.05) is 15.4 Å². The molecule has 0 aliphatic rings. The van der Waals surface area contributed by atoms with Crippen LogP contribution in [-0.4, -0.2) is 11.2 Å². The van der Waals surface area contributed by atoms with E-state index in [4.69, 9.17) is 0 Å². The Morgan fingerprint density at radius 3 is 2.50 bits per heavy atom. The van der Waals surface area contributed by atoms with Gasteiger partial charge in [-0.15, -0.1) is 11.8 Å². The molecule has 1 N–H and O–H groups in total. The minimum atomic E-state index is -0.737. The summed E-state index contributed by atoms with van der Waals surface area (Å²) < 4.78 is 40.6. The molecule has 0 aliphatic carbocycles. The first-order chi connectivity index (χ1) is 10.4. The zero-order valence-electron chi connectivity index (χ0n) is 11.4. The van der Waals surface area contributed by atoms with Crippen LogP contribution < -0.4 is 5.32 Å². The molecule has 0 aliphatic heterocycles. The molecule has 1 atom stereocenters. The van der Waals surface area contributed by atoms with Crippen LogP contribution in [-0.2, 0) is 4.79 Å². The number of anilines is 1. The maximum Gasteiger partial charge on any atom is 0.237 e. The van der Waals surface area contributed by atoms with Crippen molar-refractivity contribution >= 4 is 39.3 Å². The Hall–Kier alpha value is -1.47. The van der Waals surface area contributed by atoms with Crippen LogP contribution >= 0.6 is 27.7 Å². The Morgan fingerprint density at radius 1 is 1.14 bits per heavy atom. The van der Waals surface area contributed by atoms with E-state index in [2.05, 4.69) is 21.2 Å². The molecule has 0 aromatic heterocycles. The molecule has 0 heterocycles. The molecule has 0 unspecified atom stereocenters. The summed E-state index contributed by atoms with van der Waals surface area (Å²) in [5, 5.41) is 1.76. The number of halogens is 4. The maximum atomic E-state index is 13.7. The highest BCUT2D eigenvalue weighted by Crippen LogP contribution is 2.28. The molecule has 2 aromatic rings. The molecule has 0 bridgehead atoms. The SMILES string of the molecule is C[C@@H](Sc1ccc(F)cc1F)C(=O)Nc1ccc(Br)cc1F. The molecule has 7 heteroatoms. The number of thioether (sulfide) groups is 1. The van der Waals surface area contributed by atoms with Gasteiger partial charge in [-0.2, -0.15) is 0 Å². The van der Waals surface area contributed by atoms with Crippen LogP contribution in [0.15, 0.2) is 45.8 Å². The molecule has 0 spiro atoms. The number of carbonyl (C=O) groups is 1. The summed E-state index contributed by atoms with van der Waals surface area (Å²) >= 11 is 4.05. The van der Waals surface area contributed by atoms with Gasteiger partial charge in [0.15, 0.2) is 0 Å². The monoisotopic (exact) mass is 389 g/mol. The van der Waals surface area contributed by atoms with E-state index in [1.165, 1.54) is 18.2 Å². The molecule has 1 amide bonds. The van der Waals surface area contributed by atoms with Crippen molar-refractivity contribution in [1.82, 2.24) is 0 Å². The molecule has 2 nitrogen and oxygen atoms in total. The molecule has 22 heavy (non-hydrogen) atoms. The third kappa shape index (κ3) is 4.27. The van der Waals surface area contributed by atoms with Gasteiger partial charge < -0.3 is 5.32 Å². The fourth-order valence-corrected chi connectivity index (χ4v) is 2.84. The summed E-state index contributed by atoms with van der Waals surface area (Å²) in [4.78, 5) is 12.2. The Kier molecular flexibility index (Phi) is 5.52. The third-order valence-electron chi connectivity index (χ3n) is 2.76. The van der Waals surface area contributed by atoms with Crippen molar-refractivity contribution in [2.75, 3.05) is 5.32 Å². The van der Waals surface area contributed by atoms with E-state index in [-0.39, 0.29) is 10.6 Å². The van der Waals surface area contributed by atoms with Gasteiger partial charge in [0.1, 0.15) is 17.5 Å². The van der Waals surface area contributed by atoms with E-state index >= 15 is 0 Å². The Labute approximate surface area is 138 Å². The van der Waals surface area contributed by atoms with Gasteiger partial charge in [-0.25, -0.2) is 13.2 Å². The van der Waals surface area contributed by atoms with Crippen LogP contribution in [0.4, 0.5) is 18.9 Å². The van der Waals surface area contributed by atoms with Crippen molar-refractivity contribution in [2.24, 2.45) is 0 Å². The van der Waals surface area contributed by atoms with Crippen molar-refractivity contribution in [3.63, 3.8) is 0 Å². The predicted octanol–water partition coefficient (Wildman–Crippen LogP) is 4.99. The first-order valence-corrected chi connectivity index (χ1v) is 7.91. The van der Waals surface area contributed by atoms with Gasteiger partial charge in [-0.05, 0) is 37.3 Å². The van der Waals surface area contributed by atoms with Crippen LogP contribution in [0.1, 0.15) is 6.92 Å². The lowest BCUT2D eigenvalue weighted by molar-refractivity contribution is -0.115. The zero-order valence-corrected chi connectivity index (χ0v) is 13.8. The number of amides is 1. The normalized spacial score (nSPS) is 12.0. The minimum absolute atomic E-state index is 0.0419. The topological polar surface area (TPSA) is 29.1 Å². The number of carbonyl (C=O) groups excluding carboxylic acids is 1. The molecule has 0 saturated carbocycles. The molecular formula is C15H11BrF3NOS. The van der Waals surface area contributed by atoms with Gasteiger partial charge >= 0.3 is 0 Å². The standard InChI is InChI=1S/C15H11BrF3NOS/c1-8(22-14-5-3-10(17)7-12(14)19)15(21)20-13-4-2-9(16)6-11(13)18/h2-8H,1H3,(H,20,21)/t8-/m1/s1. The Balaban J connectivity index is 2.05. The van der Waals surface area contributed by atoms with E-state index in [0.29, 0.717) is 4.47 Å². The Bertz CT molecular complexity index is 711.